The molecule has 0 N–H and O–H groups in total. The van der Waals surface area contributed by atoms with Crippen LogP contribution in [0.4, 0.5) is 23.7 Å². The van der Waals surface area contributed by atoms with Crippen LogP contribution < -0.4 is 14.4 Å². The highest BCUT2D eigenvalue weighted by atomic mass is 35.5. The fourth-order valence-electron chi connectivity index (χ4n) is 4.18. The van der Waals surface area contributed by atoms with Crippen LogP contribution in [0.3, 0.4) is 0 Å². The van der Waals surface area contributed by atoms with Crippen LogP contribution in [0.2, 0.25) is 5.02 Å². The molecule has 1 amide bonds. The van der Waals surface area contributed by atoms with Crippen molar-refractivity contribution in [3.05, 3.63) is 70.5 Å². The molecule has 47 heavy (non-hydrogen) atoms. The minimum Gasteiger partial charge on any atom is -0.495 e. The van der Waals surface area contributed by atoms with Crippen molar-refractivity contribution >= 4 is 35.3 Å². The van der Waals surface area contributed by atoms with Crippen molar-refractivity contribution in [1.29, 1.82) is 5.26 Å². The second-order valence-corrected chi connectivity index (χ2v) is 10.5. The molecular weight excluding hydrogens is 647 g/mol. The molecule has 1 heterocycles. The topological polar surface area (TPSA) is 137 Å². The Labute approximate surface area is 273 Å². The predicted molar refractivity (Wildman–Crippen MR) is 163 cm³/mol. The van der Waals surface area contributed by atoms with E-state index >= 15 is 0 Å². The molecule has 0 spiro atoms. The Morgan fingerprint density at radius 3 is 2.36 bits per heavy atom. The number of halogens is 4. The number of ether oxygens (including phenoxy) is 5. The third kappa shape index (κ3) is 9.73. The van der Waals surface area contributed by atoms with Crippen molar-refractivity contribution in [2.24, 2.45) is 0 Å². The number of alkyl halides is 3. The van der Waals surface area contributed by atoms with Gasteiger partial charge in [0.15, 0.2) is 0 Å². The molecule has 3 rings (SSSR count). The fourth-order valence-corrected chi connectivity index (χ4v) is 4.44. The monoisotopic (exact) mass is 677 g/mol. The van der Waals surface area contributed by atoms with E-state index in [4.69, 9.17) is 35.3 Å². The molecule has 0 radical (unpaired) electrons. The molecule has 0 aliphatic rings. The van der Waals surface area contributed by atoms with Crippen molar-refractivity contribution < 1.29 is 51.2 Å². The number of anilines is 1. The minimum atomic E-state index is -4.79. The first-order valence-corrected chi connectivity index (χ1v) is 14.5. The Balaban J connectivity index is 1.89. The Morgan fingerprint density at radius 2 is 1.72 bits per heavy atom. The Hall–Kier alpha value is -5.03. The van der Waals surface area contributed by atoms with Crippen LogP contribution in [0.25, 0.3) is 11.1 Å². The number of nitrogens with zero attached hydrogens (tertiary/aromatic N) is 3. The van der Waals surface area contributed by atoms with Crippen LogP contribution >= 0.6 is 11.6 Å². The SMILES string of the molecule is COc1ccccc1N(C)C(=O)c1cc(-c2cnc(C(F)(F)F)cc2C#N)c(Cl)cc1OCCCC(=O)OC(C)OC(=O)OC(C)C. The zero-order valence-corrected chi connectivity index (χ0v) is 26.8. The van der Waals surface area contributed by atoms with E-state index in [0.717, 1.165) is 6.20 Å². The van der Waals surface area contributed by atoms with E-state index in [-0.39, 0.29) is 52.5 Å². The van der Waals surface area contributed by atoms with Gasteiger partial charge in [-0.15, -0.1) is 0 Å². The number of pyridine rings is 1. The van der Waals surface area contributed by atoms with Crippen LogP contribution in [0.1, 0.15) is 55.2 Å². The molecule has 0 fully saturated rings. The minimum absolute atomic E-state index is 0.00891. The van der Waals surface area contributed by atoms with E-state index in [2.05, 4.69) is 4.98 Å². The molecule has 15 heteroatoms. The van der Waals surface area contributed by atoms with Gasteiger partial charge in [0.1, 0.15) is 17.2 Å². The van der Waals surface area contributed by atoms with E-state index in [1.807, 2.05) is 0 Å². The molecule has 0 bridgehead atoms. The summed E-state index contributed by atoms with van der Waals surface area (Å²) in [5, 5.41) is 9.59. The van der Waals surface area contributed by atoms with E-state index in [9.17, 15) is 32.8 Å². The van der Waals surface area contributed by atoms with Crippen molar-refractivity contribution in [3.8, 4) is 28.7 Å². The van der Waals surface area contributed by atoms with Crippen LogP contribution in [0.5, 0.6) is 11.5 Å². The molecule has 1 aromatic heterocycles. The lowest BCUT2D eigenvalue weighted by molar-refractivity contribution is -0.168. The lowest BCUT2D eigenvalue weighted by Crippen LogP contribution is -2.27. The van der Waals surface area contributed by atoms with Crippen LogP contribution in [-0.2, 0) is 25.2 Å². The van der Waals surface area contributed by atoms with Crippen molar-refractivity contribution in [2.75, 3.05) is 25.7 Å². The predicted octanol–water partition coefficient (Wildman–Crippen LogP) is 7.19. The standard InChI is InChI=1S/C32H31ClF3N3O8/c1-18(2)45-31(42)47-19(3)46-29(40)11-8-12-44-27-15-24(33)21(23-17-38-28(32(34,35)36)13-20(23)16-37)14-22(27)30(41)39(4)25-9-6-7-10-26(25)43-5/h6-7,9-10,13-15,17-19H,8,11-12H2,1-5H3. The molecule has 11 nitrogen and oxygen atoms in total. The van der Waals surface area contributed by atoms with E-state index in [0.29, 0.717) is 17.5 Å². The van der Waals surface area contributed by atoms with Gasteiger partial charge in [-0.25, -0.2) is 4.79 Å². The maximum absolute atomic E-state index is 13.9. The molecule has 1 unspecified atom stereocenters. The number of nitriles is 1. The van der Waals surface area contributed by atoms with Gasteiger partial charge >= 0.3 is 18.3 Å². The van der Waals surface area contributed by atoms with Gasteiger partial charge in [0, 0.05) is 43.8 Å². The zero-order valence-electron chi connectivity index (χ0n) is 26.0. The lowest BCUT2D eigenvalue weighted by atomic mass is 9.98. The third-order valence-electron chi connectivity index (χ3n) is 6.33. The van der Waals surface area contributed by atoms with E-state index in [1.54, 1.807) is 44.2 Å². The first-order valence-electron chi connectivity index (χ1n) is 14.1. The van der Waals surface area contributed by atoms with Crippen molar-refractivity contribution in [3.63, 3.8) is 0 Å². The summed E-state index contributed by atoms with van der Waals surface area (Å²) in [6.45, 7) is 4.51. The largest absolute Gasteiger partial charge is 0.511 e. The number of benzene rings is 2. The number of rotatable bonds is 12. The smallest absolute Gasteiger partial charge is 0.495 e. The fraction of sp³-hybridized carbons (Fsp3) is 0.344. The first kappa shape index (κ1) is 36.4. The van der Waals surface area contributed by atoms with Gasteiger partial charge in [-0.05, 0) is 44.5 Å². The van der Waals surface area contributed by atoms with E-state index < -0.39 is 42.3 Å². The number of aromatic nitrogens is 1. The van der Waals surface area contributed by atoms with Gasteiger partial charge in [0.2, 0.25) is 6.29 Å². The Bertz CT molecular complexity index is 1660. The number of para-hydroxylation sites is 2. The lowest BCUT2D eigenvalue weighted by Gasteiger charge is -2.22. The average Bonchev–Trinajstić information content (AvgIpc) is 3.01. The molecule has 3 aromatic rings. The third-order valence-corrected chi connectivity index (χ3v) is 6.64. The summed E-state index contributed by atoms with van der Waals surface area (Å²) in [6, 6.07) is 11.6. The van der Waals surface area contributed by atoms with Gasteiger partial charge in [-0.3, -0.25) is 14.6 Å². The number of hydrogen-bond acceptors (Lipinski definition) is 10. The van der Waals surface area contributed by atoms with Crippen LogP contribution in [0.15, 0.2) is 48.7 Å². The molecular formula is C32H31ClF3N3O8. The van der Waals surface area contributed by atoms with Crippen LogP contribution in [0, 0.1) is 11.3 Å². The summed E-state index contributed by atoms with van der Waals surface area (Å²) in [5.74, 6) is -0.935. The number of carbonyl (C=O) groups is 3. The van der Waals surface area contributed by atoms with Gasteiger partial charge in [0.05, 0.1) is 47.7 Å². The molecule has 0 aliphatic heterocycles. The highest BCUT2D eigenvalue weighted by Gasteiger charge is 2.33. The number of hydrogen-bond donors (Lipinski definition) is 0. The maximum atomic E-state index is 13.9. The molecule has 0 saturated heterocycles. The molecule has 2 aromatic carbocycles. The quantitative estimate of drug-likeness (QED) is 0.110. The maximum Gasteiger partial charge on any atom is 0.511 e. The second-order valence-electron chi connectivity index (χ2n) is 10.1. The number of esters is 1. The summed E-state index contributed by atoms with van der Waals surface area (Å²) in [7, 11) is 2.91. The van der Waals surface area contributed by atoms with Gasteiger partial charge in [-0.2, -0.15) is 18.4 Å². The highest BCUT2D eigenvalue weighted by Crippen LogP contribution is 2.39. The van der Waals surface area contributed by atoms with Gasteiger partial charge in [-0.1, -0.05) is 23.7 Å². The first-order chi connectivity index (χ1) is 22.2. The number of amides is 1. The molecule has 1 atom stereocenters. The summed E-state index contributed by atoms with van der Waals surface area (Å²) >= 11 is 6.53. The number of carbonyl (C=O) groups excluding carboxylic acids is 3. The van der Waals surface area contributed by atoms with E-state index in [1.165, 1.54) is 38.1 Å². The molecule has 0 saturated carbocycles. The highest BCUT2D eigenvalue weighted by molar-refractivity contribution is 6.34. The second kappa shape index (κ2) is 16.0. The van der Waals surface area contributed by atoms with Crippen molar-refractivity contribution in [2.45, 2.75) is 52.2 Å². The van der Waals surface area contributed by atoms with Gasteiger partial charge < -0.3 is 28.6 Å². The normalized spacial score (nSPS) is 11.7. The Kier molecular flexibility index (Phi) is 12.4. The summed E-state index contributed by atoms with van der Waals surface area (Å²) < 4.78 is 65.8. The number of methoxy groups -OCH3 is 1. The van der Waals surface area contributed by atoms with Crippen molar-refractivity contribution in [1.82, 2.24) is 4.98 Å². The summed E-state index contributed by atoms with van der Waals surface area (Å²) in [4.78, 5) is 42.4. The Morgan fingerprint density at radius 1 is 1.02 bits per heavy atom. The summed E-state index contributed by atoms with van der Waals surface area (Å²) in [5.41, 5.74) is -1.28. The summed E-state index contributed by atoms with van der Waals surface area (Å²) in [6.07, 6.45) is -6.58. The van der Waals surface area contributed by atoms with Gasteiger partial charge in [0.25, 0.3) is 5.91 Å². The average molecular weight is 678 g/mol. The molecule has 250 valence electrons. The molecule has 0 aliphatic carbocycles. The van der Waals surface area contributed by atoms with Crippen LogP contribution in [-0.4, -0.2) is 56.2 Å². The zero-order chi connectivity index (χ0) is 34.9.